The third-order valence-corrected chi connectivity index (χ3v) is 13.5. The van der Waals surface area contributed by atoms with Crippen LogP contribution < -0.4 is 28.9 Å². The van der Waals surface area contributed by atoms with E-state index >= 15 is 22.0 Å². The van der Waals surface area contributed by atoms with Crippen molar-refractivity contribution in [2.24, 2.45) is 5.92 Å². The number of carbonyl (C=O) groups is 1. The molecule has 4 aliphatic heterocycles. The van der Waals surface area contributed by atoms with E-state index in [0.29, 0.717) is 42.0 Å². The molecule has 0 spiro atoms. The van der Waals surface area contributed by atoms with Gasteiger partial charge in [-0.2, -0.15) is 18.2 Å². The van der Waals surface area contributed by atoms with Crippen molar-refractivity contribution in [1.29, 1.82) is 0 Å². The summed E-state index contributed by atoms with van der Waals surface area (Å²) in [4.78, 5) is 35.1. The Morgan fingerprint density at radius 1 is 0.881 bits per heavy atom. The zero-order valence-electron chi connectivity index (χ0n) is 38.6. The Kier molecular flexibility index (Phi) is 11.8. The Labute approximate surface area is 385 Å². The van der Waals surface area contributed by atoms with Crippen molar-refractivity contribution in [2.75, 3.05) is 48.6 Å². The second-order valence-electron chi connectivity index (χ2n) is 19.0. The molecule has 2 bridgehead atoms. The maximum atomic E-state index is 17.9. The fourth-order valence-corrected chi connectivity index (χ4v) is 10.3. The number of alkyl halides is 3. The number of hydrogen-bond acceptors (Lipinski definition) is 12. The number of piperazine rings is 1. The highest BCUT2D eigenvalue weighted by Gasteiger charge is 2.54. The van der Waals surface area contributed by atoms with Gasteiger partial charge in [-0.15, -0.1) is 0 Å². The van der Waals surface area contributed by atoms with E-state index in [-0.39, 0.29) is 72.4 Å². The molecule has 13 nitrogen and oxygen atoms in total. The zero-order valence-corrected chi connectivity index (χ0v) is 38.6. The number of benzene rings is 3. The molecule has 0 saturated carbocycles. The number of halogens is 5. The molecular formula is C49H54F5N7O6. The summed E-state index contributed by atoms with van der Waals surface area (Å²) < 4.78 is 105. The molecule has 2 aromatic heterocycles. The maximum absolute atomic E-state index is 17.9. The fourth-order valence-electron chi connectivity index (χ4n) is 10.3. The monoisotopic (exact) mass is 931 g/mol. The van der Waals surface area contributed by atoms with Gasteiger partial charge in [-0.1, -0.05) is 31.2 Å². The van der Waals surface area contributed by atoms with E-state index in [1.165, 1.54) is 14.2 Å². The number of aromatic nitrogens is 3. The molecular weight excluding hydrogens is 878 g/mol. The van der Waals surface area contributed by atoms with Crippen molar-refractivity contribution in [3.63, 3.8) is 0 Å². The molecule has 1 N–H and O–H groups in total. The van der Waals surface area contributed by atoms with Gasteiger partial charge in [0.1, 0.15) is 51.4 Å². The van der Waals surface area contributed by atoms with E-state index < -0.39 is 76.1 Å². The predicted octanol–water partition coefficient (Wildman–Crippen LogP) is 9.08. The van der Waals surface area contributed by atoms with Crippen LogP contribution >= 0.6 is 0 Å². The van der Waals surface area contributed by atoms with Crippen LogP contribution in [0, 0.1) is 24.5 Å². The summed E-state index contributed by atoms with van der Waals surface area (Å²) in [5.74, 6) is -1.05. The van der Waals surface area contributed by atoms with Crippen molar-refractivity contribution in [3.05, 3.63) is 88.5 Å². The van der Waals surface area contributed by atoms with Gasteiger partial charge in [0.05, 0.1) is 56.2 Å². The number of fused-ring (bicyclic) bond motifs is 5. The van der Waals surface area contributed by atoms with Crippen molar-refractivity contribution in [3.8, 4) is 28.6 Å². The largest absolute Gasteiger partial charge is 0.497 e. The molecule has 3 fully saturated rings. The quantitative estimate of drug-likeness (QED) is 0.134. The summed E-state index contributed by atoms with van der Waals surface area (Å²) in [5, 5.41) is 10.4. The molecule has 356 valence electrons. The Morgan fingerprint density at radius 3 is 2.06 bits per heavy atom. The van der Waals surface area contributed by atoms with E-state index in [1.807, 2.05) is 11.8 Å². The summed E-state index contributed by atoms with van der Waals surface area (Å²) in [7, 11) is 3.04. The van der Waals surface area contributed by atoms with Crippen LogP contribution in [0.5, 0.6) is 17.4 Å². The third-order valence-electron chi connectivity index (χ3n) is 13.5. The SMILES string of the molecule is COc1ccc(CN(Cc2ccc(OC)cc2)c2cc(-c3nc4c5c(nc(N6C[C@H](C)[C@H]6CO)nc5c3F)N3C[C@H]5CC[C@@H]([C@H]3[C@H](C)O4)N5C(=O)OC(C)(C)C)c(C(F)(F)F)c(C)c2F)cc1. The minimum absolute atomic E-state index is 0.0369. The molecule has 3 aromatic carbocycles. The summed E-state index contributed by atoms with van der Waals surface area (Å²) in [6, 6.07) is 13.3. The van der Waals surface area contributed by atoms with E-state index in [4.69, 9.17) is 28.9 Å². The van der Waals surface area contributed by atoms with Gasteiger partial charge in [0, 0.05) is 31.7 Å². The van der Waals surface area contributed by atoms with Gasteiger partial charge in [0.2, 0.25) is 11.8 Å². The van der Waals surface area contributed by atoms with Crippen molar-refractivity contribution < 1.29 is 50.8 Å². The van der Waals surface area contributed by atoms with Crippen LogP contribution in [0.3, 0.4) is 0 Å². The Bertz CT molecular complexity index is 2650. The van der Waals surface area contributed by atoms with Gasteiger partial charge in [0.25, 0.3) is 0 Å². The molecule has 67 heavy (non-hydrogen) atoms. The number of pyridine rings is 1. The zero-order chi connectivity index (χ0) is 47.9. The highest BCUT2D eigenvalue weighted by atomic mass is 19.4. The Hall–Kier alpha value is -6.17. The van der Waals surface area contributed by atoms with Gasteiger partial charge in [-0.05, 0) is 100 Å². The first-order valence-electron chi connectivity index (χ1n) is 22.4. The number of carbonyl (C=O) groups excluding carboxylic acids is 1. The second kappa shape index (κ2) is 17.2. The van der Waals surface area contributed by atoms with Gasteiger partial charge >= 0.3 is 12.3 Å². The fraction of sp³-hybridized carbons (Fsp3) is 0.469. The average molecular weight is 932 g/mol. The molecule has 3 saturated heterocycles. The van der Waals surface area contributed by atoms with E-state index in [2.05, 4.69) is 4.98 Å². The summed E-state index contributed by atoms with van der Waals surface area (Å²) in [5.41, 5.74) is -3.58. The molecule has 5 aromatic rings. The summed E-state index contributed by atoms with van der Waals surface area (Å²) >= 11 is 0. The summed E-state index contributed by atoms with van der Waals surface area (Å²) in [6.07, 6.45) is -5.18. The first kappa shape index (κ1) is 46.0. The lowest BCUT2D eigenvalue weighted by atomic mass is 9.91. The lowest BCUT2D eigenvalue weighted by molar-refractivity contribution is -0.137. The molecule has 6 atom stereocenters. The smallest absolute Gasteiger partial charge is 0.417 e. The summed E-state index contributed by atoms with van der Waals surface area (Å²) in [6.45, 7) is 10.6. The number of amides is 1. The number of anilines is 3. The minimum atomic E-state index is -5.17. The number of ether oxygens (including phenoxy) is 4. The molecule has 0 unspecified atom stereocenters. The predicted molar refractivity (Wildman–Crippen MR) is 242 cm³/mol. The molecule has 4 aliphatic rings. The van der Waals surface area contributed by atoms with Crippen LogP contribution in [0.1, 0.15) is 69.7 Å². The van der Waals surface area contributed by atoms with Gasteiger partial charge in [-0.25, -0.2) is 23.5 Å². The second-order valence-corrected chi connectivity index (χ2v) is 19.0. The number of aliphatic hydroxyl groups is 1. The van der Waals surface area contributed by atoms with Crippen molar-refractivity contribution in [1.82, 2.24) is 19.9 Å². The topological polar surface area (TPSA) is 126 Å². The highest BCUT2D eigenvalue weighted by molar-refractivity contribution is 5.98. The number of rotatable bonds is 10. The molecule has 0 aliphatic carbocycles. The van der Waals surface area contributed by atoms with Crippen LogP contribution in [0.15, 0.2) is 54.6 Å². The van der Waals surface area contributed by atoms with Gasteiger partial charge in [-0.3, -0.25) is 4.90 Å². The maximum Gasteiger partial charge on any atom is 0.417 e. The van der Waals surface area contributed by atoms with Crippen molar-refractivity contribution in [2.45, 2.75) is 110 Å². The lowest BCUT2D eigenvalue weighted by Gasteiger charge is -2.48. The average Bonchev–Trinajstić information content (AvgIpc) is 3.52. The van der Waals surface area contributed by atoms with E-state index in [1.54, 1.807) is 90.9 Å². The molecule has 0 radical (unpaired) electrons. The molecule has 18 heteroatoms. The lowest BCUT2D eigenvalue weighted by Crippen LogP contribution is -2.65. The van der Waals surface area contributed by atoms with Crippen LogP contribution in [0.2, 0.25) is 0 Å². The van der Waals surface area contributed by atoms with Crippen molar-refractivity contribution >= 4 is 34.4 Å². The number of nitrogens with zero attached hydrogens (tertiary/aromatic N) is 7. The number of methoxy groups -OCH3 is 2. The first-order chi connectivity index (χ1) is 31.8. The number of hydrogen-bond donors (Lipinski definition) is 1. The number of aliphatic hydroxyl groups excluding tert-OH is 1. The minimum Gasteiger partial charge on any atom is -0.497 e. The van der Waals surface area contributed by atoms with Crippen LogP contribution in [0.4, 0.5) is 44.2 Å². The van der Waals surface area contributed by atoms with E-state index in [9.17, 15) is 9.90 Å². The standard InChI is InChI=1S/C49H54F5N7O6/c1-25-20-59(36(25)24-62)46-56-42-37-44(57-46)60-23-30-13-18-34(61(30)47(63)67-48(4,5)6)43(60)27(3)66-45(37)55-41(40(42)51)33-19-35(39(50)26(2)38(33)49(52,53)54)58(21-28-9-14-31(64-7)15-10-28)22-29-11-16-32(65-8)17-12-29/h9-12,14-17,19,25,27,30,34,36,43,62H,13,18,20-24H2,1-8H3/t25-,27-,30+,34-,36+,43+/m0/s1. The van der Waals surface area contributed by atoms with Crippen LogP contribution in [-0.2, 0) is 24.0 Å². The Balaban J connectivity index is 1.24. The highest BCUT2D eigenvalue weighted by Crippen LogP contribution is 2.50. The molecule has 1 amide bonds. The van der Waals surface area contributed by atoms with Crippen LogP contribution in [-0.4, -0.2) is 101 Å². The van der Waals surface area contributed by atoms with Gasteiger partial charge < -0.3 is 38.8 Å². The van der Waals surface area contributed by atoms with E-state index in [0.717, 1.165) is 13.0 Å². The molecule has 6 heterocycles. The molecule has 9 rings (SSSR count). The normalized spacial score (nSPS) is 22.2. The third kappa shape index (κ3) is 8.24. The van der Waals surface area contributed by atoms with Crippen LogP contribution in [0.25, 0.3) is 22.2 Å². The van der Waals surface area contributed by atoms with Gasteiger partial charge in [0.15, 0.2) is 5.82 Å². The Morgan fingerprint density at radius 2 is 1.51 bits per heavy atom. The first-order valence-corrected chi connectivity index (χ1v) is 22.4.